The first-order valence-electron chi connectivity index (χ1n) is 6.87. The van der Waals surface area contributed by atoms with Crippen LogP contribution in [0.3, 0.4) is 0 Å². The highest BCUT2D eigenvalue weighted by Gasteiger charge is 2.43. The van der Waals surface area contributed by atoms with Crippen LogP contribution in [0.15, 0.2) is 0 Å². The number of likely N-dealkylation sites (tertiary alicyclic amines) is 1. The van der Waals surface area contributed by atoms with Crippen LogP contribution in [0.5, 0.6) is 0 Å². The Kier molecular flexibility index (Phi) is 5.51. The van der Waals surface area contributed by atoms with Gasteiger partial charge in [-0.1, -0.05) is 0 Å². The smallest absolute Gasteiger partial charge is 0.329 e. The van der Waals surface area contributed by atoms with Gasteiger partial charge in [0.25, 0.3) is 0 Å². The van der Waals surface area contributed by atoms with Crippen molar-refractivity contribution in [2.75, 3.05) is 13.7 Å². The maximum atomic E-state index is 12.2. The molecule has 0 spiro atoms. The van der Waals surface area contributed by atoms with Gasteiger partial charge in [-0.2, -0.15) is 0 Å². The number of carbonyl (C=O) groups is 4. The zero-order chi connectivity index (χ0) is 17.1. The Balaban J connectivity index is 2.92. The summed E-state index contributed by atoms with van der Waals surface area (Å²) in [7, 11) is 1.21. The minimum atomic E-state index is -1.25. The first-order valence-corrected chi connectivity index (χ1v) is 6.87. The van der Waals surface area contributed by atoms with E-state index in [1.54, 1.807) is 20.8 Å². The van der Waals surface area contributed by atoms with Gasteiger partial charge in [0.05, 0.1) is 19.4 Å². The lowest BCUT2D eigenvalue weighted by Gasteiger charge is -2.29. The van der Waals surface area contributed by atoms with Gasteiger partial charge in [-0.25, -0.2) is 4.79 Å². The Morgan fingerprint density at radius 1 is 1.36 bits per heavy atom. The van der Waals surface area contributed by atoms with Crippen molar-refractivity contribution in [2.45, 2.75) is 45.3 Å². The van der Waals surface area contributed by atoms with Crippen molar-refractivity contribution < 1.29 is 33.8 Å². The fourth-order valence-electron chi connectivity index (χ4n) is 2.21. The molecule has 1 amide bonds. The molecule has 0 bridgehead atoms. The molecule has 0 saturated carbocycles. The zero-order valence-electron chi connectivity index (χ0n) is 13.1. The van der Waals surface area contributed by atoms with E-state index in [4.69, 9.17) is 9.84 Å². The number of nitrogens with zero attached hydrogens (tertiary/aromatic N) is 1. The molecule has 1 rings (SSSR count). The van der Waals surface area contributed by atoms with Crippen LogP contribution in [-0.4, -0.2) is 59.1 Å². The fraction of sp³-hybridized carbons (Fsp3) is 0.714. The second-order valence-corrected chi connectivity index (χ2v) is 6.12. The number of amides is 1. The van der Waals surface area contributed by atoms with Crippen LogP contribution in [0.1, 0.15) is 33.6 Å². The fourth-order valence-corrected chi connectivity index (χ4v) is 2.21. The molecule has 8 nitrogen and oxygen atoms in total. The second kappa shape index (κ2) is 6.76. The number of rotatable bonds is 5. The van der Waals surface area contributed by atoms with Crippen molar-refractivity contribution >= 4 is 23.8 Å². The summed E-state index contributed by atoms with van der Waals surface area (Å²) >= 11 is 0. The van der Waals surface area contributed by atoms with Gasteiger partial charge in [-0.3, -0.25) is 14.4 Å². The third-order valence-electron chi connectivity index (χ3n) is 3.12. The lowest BCUT2D eigenvalue weighted by molar-refractivity contribution is -0.166. The van der Waals surface area contributed by atoms with Crippen LogP contribution in [0.2, 0.25) is 0 Å². The summed E-state index contributed by atoms with van der Waals surface area (Å²) in [5.74, 6) is -3.75. The maximum Gasteiger partial charge on any atom is 0.329 e. The summed E-state index contributed by atoms with van der Waals surface area (Å²) in [6, 6.07) is -1.25. The Bertz CT molecular complexity index is 480. The average Bonchev–Trinajstić information content (AvgIpc) is 2.74. The number of carboxylic acid groups (broad SMARTS) is 1. The van der Waals surface area contributed by atoms with Crippen molar-refractivity contribution in [1.29, 1.82) is 0 Å². The van der Waals surface area contributed by atoms with Crippen molar-refractivity contribution in [3.05, 3.63) is 0 Å². The van der Waals surface area contributed by atoms with Gasteiger partial charge in [0.2, 0.25) is 5.91 Å². The van der Waals surface area contributed by atoms with Crippen molar-refractivity contribution in [1.82, 2.24) is 4.90 Å². The Morgan fingerprint density at radius 3 is 2.41 bits per heavy atom. The molecule has 1 aliphatic heterocycles. The summed E-state index contributed by atoms with van der Waals surface area (Å²) in [6.07, 6.45) is -0.680. The van der Waals surface area contributed by atoms with E-state index in [0.29, 0.717) is 0 Å². The second-order valence-electron chi connectivity index (χ2n) is 6.12. The Hall–Kier alpha value is -2.12. The molecule has 1 saturated heterocycles. The molecule has 0 aromatic carbocycles. The highest BCUT2D eigenvalue weighted by atomic mass is 16.6. The van der Waals surface area contributed by atoms with Crippen LogP contribution < -0.4 is 0 Å². The van der Waals surface area contributed by atoms with Crippen LogP contribution >= 0.6 is 0 Å². The molecule has 0 radical (unpaired) electrons. The molecule has 8 heteroatoms. The van der Waals surface area contributed by atoms with Gasteiger partial charge in [-0.15, -0.1) is 0 Å². The summed E-state index contributed by atoms with van der Waals surface area (Å²) in [5, 5.41) is 8.96. The quantitative estimate of drug-likeness (QED) is 0.721. The van der Waals surface area contributed by atoms with Gasteiger partial charge >= 0.3 is 17.9 Å². The highest BCUT2D eigenvalue weighted by Crippen LogP contribution is 2.24. The summed E-state index contributed by atoms with van der Waals surface area (Å²) < 4.78 is 9.75. The Morgan fingerprint density at radius 2 is 1.95 bits per heavy atom. The van der Waals surface area contributed by atoms with Crippen molar-refractivity contribution in [3.8, 4) is 0 Å². The highest BCUT2D eigenvalue weighted by molar-refractivity contribution is 5.92. The molecular weight excluding hydrogens is 294 g/mol. The lowest BCUT2D eigenvalue weighted by atomic mass is 10.1. The first-order chi connectivity index (χ1) is 10.0. The molecule has 0 aromatic rings. The van der Waals surface area contributed by atoms with E-state index in [1.807, 2.05) is 0 Å². The standard InChI is InChI=1S/C14H21NO7/c1-14(2,3)22-13(20)9(6-11(17)18)15-7-8(5-10(15)16)12(19)21-4/h8-9H,5-7H2,1-4H3,(H,17,18)/t8?,9-/m0/s1. The number of carbonyl (C=O) groups excluding carboxylic acids is 3. The van der Waals surface area contributed by atoms with E-state index in [9.17, 15) is 19.2 Å². The number of hydrogen-bond donors (Lipinski definition) is 1. The molecule has 22 heavy (non-hydrogen) atoms. The van der Waals surface area contributed by atoms with Crippen LogP contribution in [0.4, 0.5) is 0 Å². The van der Waals surface area contributed by atoms with Gasteiger partial charge < -0.3 is 19.5 Å². The minimum absolute atomic E-state index is 0.0529. The average molecular weight is 315 g/mol. The number of ether oxygens (including phenoxy) is 2. The summed E-state index contributed by atoms with van der Waals surface area (Å²) in [5.41, 5.74) is -0.807. The molecule has 0 aromatic heterocycles. The van der Waals surface area contributed by atoms with Gasteiger partial charge in [0, 0.05) is 13.0 Å². The summed E-state index contributed by atoms with van der Waals surface area (Å²) in [4.78, 5) is 47.8. The molecule has 1 fully saturated rings. The zero-order valence-corrected chi connectivity index (χ0v) is 13.1. The van der Waals surface area contributed by atoms with Crippen LogP contribution in [0.25, 0.3) is 0 Å². The molecule has 1 N–H and O–H groups in total. The number of methoxy groups -OCH3 is 1. The molecule has 1 heterocycles. The van der Waals surface area contributed by atoms with E-state index < -0.39 is 47.8 Å². The molecule has 2 atom stereocenters. The van der Waals surface area contributed by atoms with Crippen molar-refractivity contribution in [3.63, 3.8) is 0 Å². The molecule has 0 aliphatic carbocycles. The van der Waals surface area contributed by atoms with Gasteiger partial charge in [0.1, 0.15) is 11.6 Å². The van der Waals surface area contributed by atoms with E-state index in [1.165, 1.54) is 7.11 Å². The van der Waals surface area contributed by atoms with Crippen molar-refractivity contribution in [2.24, 2.45) is 5.92 Å². The lowest BCUT2D eigenvalue weighted by Crippen LogP contribution is -2.46. The summed E-state index contributed by atoms with van der Waals surface area (Å²) in [6.45, 7) is 4.88. The third-order valence-corrected chi connectivity index (χ3v) is 3.12. The Labute approximate surface area is 128 Å². The number of esters is 2. The molecular formula is C14H21NO7. The number of carboxylic acids is 1. The van der Waals surface area contributed by atoms with Gasteiger partial charge in [0.15, 0.2) is 0 Å². The minimum Gasteiger partial charge on any atom is -0.481 e. The molecule has 124 valence electrons. The predicted octanol–water partition coefficient (Wildman–Crippen LogP) is 0.193. The van der Waals surface area contributed by atoms with E-state index in [0.717, 1.165) is 4.90 Å². The normalized spacial score (nSPS) is 19.7. The maximum absolute atomic E-state index is 12.2. The van der Waals surface area contributed by atoms with E-state index in [-0.39, 0.29) is 13.0 Å². The first kappa shape index (κ1) is 17.9. The monoisotopic (exact) mass is 315 g/mol. The third kappa shape index (κ3) is 4.71. The van der Waals surface area contributed by atoms with Crippen LogP contribution in [-0.2, 0) is 28.7 Å². The predicted molar refractivity (Wildman–Crippen MR) is 73.7 cm³/mol. The van der Waals surface area contributed by atoms with E-state index in [2.05, 4.69) is 4.74 Å². The van der Waals surface area contributed by atoms with Gasteiger partial charge in [-0.05, 0) is 20.8 Å². The number of aliphatic carboxylic acids is 1. The largest absolute Gasteiger partial charge is 0.481 e. The SMILES string of the molecule is COC(=O)C1CC(=O)N([C@@H](CC(=O)O)C(=O)OC(C)(C)C)C1. The molecule has 1 unspecified atom stereocenters. The molecule has 1 aliphatic rings. The number of hydrogen-bond acceptors (Lipinski definition) is 6. The topological polar surface area (TPSA) is 110 Å². The van der Waals surface area contributed by atoms with Crippen LogP contribution in [0, 0.1) is 5.92 Å². The van der Waals surface area contributed by atoms with E-state index >= 15 is 0 Å².